The van der Waals surface area contributed by atoms with E-state index in [1.807, 2.05) is 24.3 Å². The molecule has 1 aromatic heterocycles. The van der Waals surface area contributed by atoms with E-state index < -0.39 is 20.6 Å². The van der Waals surface area contributed by atoms with Crippen molar-refractivity contribution in [2.45, 2.75) is 10.8 Å². The van der Waals surface area contributed by atoms with E-state index in [2.05, 4.69) is 4.98 Å². The zero-order valence-corrected chi connectivity index (χ0v) is 14.5. The number of nitro benzene ring substituents is 1. The van der Waals surface area contributed by atoms with Crippen LogP contribution in [0.3, 0.4) is 0 Å². The van der Waals surface area contributed by atoms with Crippen LogP contribution in [0.4, 0.5) is 5.69 Å². The van der Waals surface area contributed by atoms with Gasteiger partial charge in [-0.1, -0.05) is 24.3 Å². The number of nitro groups is 1. The summed E-state index contributed by atoms with van der Waals surface area (Å²) in [4.78, 5) is 14.7. The summed E-state index contributed by atoms with van der Waals surface area (Å²) in [5.41, 5.74) is 0.508. The Kier molecular flexibility index (Phi) is 3.78. The molecule has 128 valence electrons. The van der Waals surface area contributed by atoms with Crippen LogP contribution >= 0.6 is 11.3 Å². The van der Waals surface area contributed by atoms with Crippen LogP contribution in [-0.2, 0) is 10.0 Å². The van der Waals surface area contributed by atoms with Crippen LogP contribution < -0.4 is 0 Å². The van der Waals surface area contributed by atoms with Gasteiger partial charge in [-0.2, -0.15) is 4.31 Å². The minimum Gasteiger partial charge on any atom is -0.258 e. The number of nitrogens with zero attached hydrogens (tertiary/aromatic N) is 3. The highest BCUT2D eigenvalue weighted by Crippen LogP contribution is 2.37. The summed E-state index contributed by atoms with van der Waals surface area (Å²) in [7, 11) is -3.88. The molecule has 2 heterocycles. The second-order valence-corrected chi connectivity index (χ2v) is 8.73. The number of sulfonamides is 1. The number of fused-ring (bicyclic) bond motifs is 1. The largest absolute Gasteiger partial charge is 0.289 e. The molecule has 0 unspecified atom stereocenters. The molecule has 0 atom stereocenters. The minimum atomic E-state index is -3.88. The molecule has 0 saturated carbocycles. The fraction of sp³-hybridized carbons (Fsp3) is 0.188. The molecule has 0 bridgehead atoms. The van der Waals surface area contributed by atoms with Crippen LogP contribution in [0, 0.1) is 10.1 Å². The van der Waals surface area contributed by atoms with Gasteiger partial charge >= 0.3 is 0 Å². The van der Waals surface area contributed by atoms with Gasteiger partial charge in [0.25, 0.3) is 5.69 Å². The van der Waals surface area contributed by atoms with E-state index in [4.69, 9.17) is 0 Å². The van der Waals surface area contributed by atoms with Gasteiger partial charge in [0.2, 0.25) is 10.0 Å². The van der Waals surface area contributed by atoms with E-state index >= 15 is 0 Å². The molecule has 2 aromatic carbocycles. The van der Waals surface area contributed by atoms with Crippen molar-refractivity contribution in [3.63, 3.8) is 0 Å². The van der Waals surface area contributed by atoms with Gasteiger partial charge in [-0.25, -0.2) is 13.4 Å². The molecule has 1 saturated heterocycles. The van der Waals surface area contributed by atoms with Gasteiger partial charge in [-0.15, -0.1) is 11.3 Å². The highest BCUT2D eigenvalue weighted by atomic mass is 32.2. The Balaban J connectivity index is 1.58. The van der Waals surface area contributed by atoms with Crippen LogP contribution in [0.5, 0.6) is 0 Å². The second kappa shape index (κ2) is 5.87. The van der Waals surface area contributed by atoms with Gasteiger partial charge in [-0.3, -0.25) is 10.1 Å². The van der Waals surface area contributed by atoms with Gasteiger partial charge in [0.1, 0.15) is 0 Å². The number of aromatic nitrogens is 1. The Bertz CT molecular complexity index is 1040. The smallest absolute Gasteiger partial charge is 0.258 e. The van der Waals surface area contributed by atoms with Crippen molar-refractivity contribution in [1.29, 1.82) is 0 Å². The summed E-state index contributed by atoms with van der Waals surface area (Å²) >= 11 is 1.56. The van der Waals surface area contributed by atoms with Crippen molar-refractivity contribution in [3.05, 3.63) is 63.7 Å². The predicted octanol–water partition coefficient (Wildman–Crippen LogP) is 2.99. The third kappa shape index (κ3) is 2.70. The molecule has 1 aliphatic rings. The number of hydrogen-bond acceptors (Lipinski definition) is 6. The predicted molar refractivity (Wildman–Crippen MR) is 94.2 cm³/mol. The maximum atomic E-state index is 12.7. The van der Waals surface area contributed by atoms with Gasteiger partial charge in [0, 0.05) is 25.1 Å². The first kappa shape index (κ1) is 16.1. The number of para-hydroxylation sites is 2. The molecule has 0 N–H and O–H groups in total. The molecular weight excluding hydrogens is 362 g/mol. The summed E-state index contributed by atoms with van der Waals surface area (Å²) < 4.78 is 27.7. The SMILES string of the molecule is O=[N+]([O-])c1ccccc1S(=O)(=O)N1CC(c2nc3ccccc3s2)C1. The topological polar surface area (TPSA) is 93.4 Å². The molecule has 9 heteroatoms. The van der Waals surface area contributed by atoms with E-state index in [1.54, 1.807) is 11.3 Å². The fourth-order valence-electron chi connectivity index (χ4n) is 2.82. The first-order valence-electron chi connectivity index (χ1n) is 7.56. The van der Waals surface area contributed by atoms with Gasteiger partial charge in [0.15, 0.2) is 4.90 Å². The Labute approximate surface area is 147 Å². The molecule has 4 rings (SSSR count). The normalized spacial score (nSPS) is 16.0. The van der Waals surface area contributed by atoms with E-state index in [0.717, 1.165) is 15.2 Å². The summed E-state index contributed by atoms with van der Waals surface area (Å²) in [6, 6.07) is 13.2. The van der Waals surface area contributed by atoms with Crippen molar-refractivity contribution in [2.24, 2.45) is 0 Å². The fourth-order valence-corrected chi connectivity index (χ4v) is 5.56. The third-order valence-electron chi connectivity index (χ3n) is 4.19. The zero-order chi connectivity index (χ0) is 17.6. The number of benzene rings is 2. The van der Waals surface area contributed by atoms with Crippen molar-refractivity contribution in [1.82, 2.24) is 9.29 Å². The molecule has 7 nitrogen and oxygen atoms in total. The Morgan fingerprint density at radius 3 is 2.52 bits per heavy atom. The van der Waals surface area contributed by atoms with Crippen LogP contribution in [0.15, 0.2) is 53.4 Å². The van der Waals surface area contributed by atoms with E-state index in [1.165, 1.54) is 28.6 Å². The molecule has 0 spiro atoms. The second-order valence-electron chi connectivity index (χ2n) is 5.76. The Hall–Kier alpha value is -2.36. The van der Waals surface area contributed by atoms with Crippen LogP contribution in [0.2, 0.25) is 0 Å². The van der Waals surface area contributed by atoms with Crippen molar-refractivity contribution < 1.29 is 13.3 Å². The summed E-state index contributed by atoms with van der Waals surface area (Å²) in [5, 5.41) is 12.0. The van der Waals surface area contributed by atoms with Crippen LogP contribution in [-0.4, -0.2) is 35.7 Å². The lowest BCUT2D eigenvalue weighted by molar-refractivity contribution is -0.387. The van der Waals surface area contributed by atoms with Crippen LogP contribution in [0.1, 0.15) is 10.9 Å². The summed E-state index contributed by atoms with van der Waals surface area (Å²) in [5.74, 6) is 0.0231. The molecule has 1 aliphatic heterocycles. The lowest BCUT2D eigenvalue weighted by atomic mass is 10.1. The molecule has 25 heavy (non-hydrogen) atoms. The molecule has 0 radical (unpaired) electrons. The molecule has 0 amide bonds. The number of rotatable bonds is 4. The van der Waals surface area contributed by atoms with Gasteiger partial charge in [0.05, 0.1) is 20.1 Å². The van der Waals surface area contributed by atoms with Gasteiger partial charge < -0.3 is 0 Å². The standard InChI is InChI=1S/C16H13N3O4S2/c20-19(21)13-6-2-4-8-15(13)25(22,23)18-9-11(10-18)16-17-12-5-1-3-7-14(12)24-16/h1-8,11H,9-10H2. The first-order valence-corrected chi connectivity index (χ1v) is 9.81. The van der Waals surface area contributed by atoms with Crippen molar-refractivity contribution in [3.8, 4) is 0 Å². The zero-order valence-electron chi connectivity index (χ0n) is 12.9. The highest BCUT2D eigenvalue weighted by molar-refractivity contribution is 7.89. The van der Waals surface area contributed by atoms with Gasteiger partial charge in [-0.05, 0) is 18.2 Å². The Morgan fingerprint density at radius 1 is 1.12 bits per heavy atom. The van der Waals surface area contributed by atoms with Crippen molar-refractivity contribution in [2.75, 3.05) is 13.1 Å². The average Bonchev–Trinajstić information content (AvgIpc) is 2.96. The molecule has 1 fully saturated rings. The summed E-state index contributed by atoms with van der Waals surface area (Å²) in [6.07, 6.45) is 0. The van der Waals surface area contributed by atoms with E-state index in [9.17, 15) is 18.5 Å². The summed E-state index contributed by atoms with van der Waals surface area (Å²) in [6.45, 7) is 0.572. The van der Waals surface area contributed by atoms with Crippen LogP contribution in [0.25, 0.3) is 10.2 Å². The molecular formula is C16H13N3O4S2. The highest BCUT2D eigenvalue weighted by Gasteiger charge is 2.41. The maximum absolute atomic E-state index is 12.7. The molecule has 0 aliphatic carbocycles. The lowest BCUT2D eigenvalue weighted by Gasteiger charge is -2.36. The monoisotopic (exact) mass is 375 g/mol. The van der Waals surface area contributed by atoms with Crippen molar-refractivity contribution >= 4 is 37.3 Å². The quantitative estimate of drug-likeness (QED) is 0.516. The third-order valence-corrected chi connectivity index (χ3v) is 7.27. The lowest BCUT2D eigenvalue weighted by Crippen LogP contribution is -2.48. The van der Waals surface area contributed by atoms with E-state index in [-0.39, 0.29) is 23.9 Å². The van der Waals surface area contributed by atoms with E-state index in [0.29, 0.717) is 0 Å². The average molecular weight is 375 g/mol. The minimum absolute atomic E-state index is 0.0231. The number of hydrogen-bond donors (Lipinski definition) is 0. The first-order chi connectivity index (χ1) is 12.0. The Morgan fingerprint density at radius 2 is 1.80 bits per heavy atom. The maximum Gasteiger partial charge on any atom is 0.289 e. The molecule has 3 aromatic rings. The number of thiazole rings is 1.